The van der Waals surface area contributed by atoms with Crippen molar-refractivity contribution in [1.82, 2.24) is 5.32 Å². The number of halogens is 2. The Kier molecular flexibility index (Phi) is 5.11. The van der Waals surface area contributed by atoms with Gasteiger partial charge in [0.2, 0.25) is 0 Å². The molecule has 86 valence electrons. The fraction of sp³-hybridized carbons (Fsp3) is 0.200. The molecule has 0 bridgehead atoms. The fourth-order valence-corrected chi connectivity index (χ4v) is 1.74. The van der Waals surface area contributed by atoms with Crippen LogP contribution in [0.2, 0.25) is 0 Å². The third kappa shape index (κ3) is 4.03. The molecule has 1 N–H and O–H groups in total. The van der Waals surface area contributed by atoms with Crippen molar-refractivity contribution < 1.29 is 4.92 Å². The molecule has 0 radical (unpaired) electrons. The van der Waals surface area contributed by atoms with Crippen molar-refractivity contribution in [2.75, 3.05) is 6.54 Å². The lowest BCUT2D eigenvalue weighted by molar-refractivity contribution is -0.385. The highest BCUT2D eigenvalue weighted by atomic mass is 79.9. The minimum atomic E-state index is -0.406. The summed E-state index contributed by atoms with van der Waals surface area (Å²) in [5.74, 6) is 0. The SMILES string of the molecule is C=C(Br)CNCc1ccc(Br)c([N+](=O)[O-])c1. The molecule has 0 fully saturated rings. The highest BCUT2D eigenvalue weighted by Gasteiger charge is 2.11. The van der Waals surface area contributed by atoms with Gasteiger partial charge in [-0.1, -0.05) is 28.6 Å². The van der Waals surface area contributed by atoms with Gasteiger partial charge in [0.25, 0.3) is 5.69 Å². The molecule has 0 spiro atoms. The molecule has 0 unspecified atom stereocenters. The predicted octanol–water partition coefficient (Wildman–Crippen LogP) is 3.36. The van der Waals surface area contributed by atoms with Gasteiger partial charge in [-0.15, -0.1) is 0 Å². The number of rotatable bonds is 5. The molecule has 0 amide bonds. The smallest absolute Gasteiger partial charge is 0.283 e. The second-order valence-corrected chi connectivity index (χ2v) is 5.14. The maximum absolute atomic E-state index is 10.7. The molecule has 0 aliphatic carbocycles. The highest BCUT2D eigenvalue weighted by Crippen LogP contribution is 2.25. The van der Waals surface area contributed by atoms with Gasteiger partial charge in [0.1, 0.15) is 0 Å². The molecule has 1 aromatic carbocycles. The first-order valence-electron chi connectivity index (χ1n) is 4.47. The van der Waals surface area contributed by atoms with Crippen molar-refractivity contribution in [1.29, 1.82) is 0 Å². The number of hydrogen-bond acceptors (Lipinski definition) is 3. The number of nitrogens with one attached hydrogen (secondary N) is 1. The Morgan fingerprint density at radius 1 is 1.56 bits per heavy atom. The van der Waals surface area contributed by atoms with Crippen LogP contribution in [0.3, 0.4) is 0 Å². The van der Waals surface area contributed by atoms with E-state index in [0.717, 1.165) is 10.0 Å². The van der Waals surface area contributed by atoms with E-state index in [-0.39, 0.29) is 5.69 Å². The average molecular weight is 350 g/mol. The zero-order valence-corrected chi connectivity index (χ0v) is 11.5. The van der Waals surface area contributed by atoms with Gasteiger partial charge in [0, 0.05) is 23.6 Å². The molecule has 4 nitrogen and oxygen atoms in total. The predicted molar refractivity (Wildman–Crippen MR) is 70.6 cm³/mol. The van der Waals surface area contributed by atoms with Gasteiger partial charge < -0.3 is 5.32 Å². The molecule has 0 saturated heterocycles. The minimum absolute atomic E-state index is 0.0805. The molecular weight excluding hydrogens is 340 g/mol. The molecular formula is C10H10Br2N2O2. The normalized spacial score (nSPS) is 10.1. The summed E-state index contributed by atoms with van der Waals surface area (Å²) in [7, 11) is 0. The van der Waals surface area contributed by atoms with E-state index in [1.54, 1.807) is 12.1 Å². The quantitative estimate of drug-likeness (QED) is 0.655. The number of nitro groups is 1. The van der Waals surface area contributed by atoms with E-state index in [4.69, 9.17) is 0 Å². The van der Waals surface area contributed by atoms with Crippen LogP contribution in [0, 0.1) is 10.1 Å². The van der Waals surface area contributed by atoms with Gasteiger partial charge >= 0.3 is 0 Å². The summed E-state index contributed by atoms with van der Waals surface area (Å²) in [6.07, 6.45) is 0. The number of nitrogens with zero attached hydrogens (tertiary/aromatic N) is 1. The van der Waals surface area contributed by atoms with Crippen molar-refractivity contribution in [2.45, 2.75) is 6.54 Å². The van der Waals surface area contributed by atoms with E-state index in [2.05, 4.69) is 43.8 Å². The van der Waals surface area contributed by atoms with Crippen molar-refractivity contribution in [3.05, 3.63) is 49.4 Å². The Morgan fingerprint density at radius 2 is 2.25 bits per heavy atom. The van der Waals surface area contributed by atoms with Gasteiger partial charge in [-0.25, -0.2) is 0 Å². The Labute approximate surface area is 110 Å². The summed E-state index contributed by atoms with van der Waals surface area (Å²) >= 11 is 6.36. The average Bonchev–Trinajstić information content (AvgIpc) is 2.19. The van der Waals surface area contributed by atoms with Crippen LogP contribution in [-0.4, -0.2) is 11.5 Å². The second kappa shape index (κ2) is 6.12. The third-order valence-electron chi connectivity index (χ3n) is 1.85. The maximum atomic E-state index is 10.7. The molecule has 0 atom stereocenters. The van der Waals surface area contributed by atoms with Crippen LogP contribution in [0.1, 0.15) is 5.56 Å². The first kappa shape index (κ1) is 13.3. The van der Waals surface area contributed by atoms with Gasteiger partial charge in [0.15, 0.2) is 0 Å². The number of benzene rings is 1. The monoisotopic (exact) mass is 348 g/mol. The summed E-state index contributed by atoms with van der Waals surface area (Å²) in [4.78, 5) is 10.3. The largest absolute Gasteiger partial charge is 0.308 e. The summed E-state index contributed by atoms with van der Waals surface area (Å²) in [6.45, 7) is 4.88. The van der Waals surface area contributed by atoms with Crippen molar-refractivity contribution >= 4 is 37.5 Å². The van der Waals surface area contributed by atoms with E-state index in [0.29, 0.717) is 17.6 Å². The van der Waals surface area contributed by atoms with Crippen LogP contribution < -0.4 is 5.32 Å². The molecule has 6 heteroatoms. The molecule has 1 aromatic rings. The third-order valence-corrected chi connectivity index (χ3v) is 2.80. The summed E-state index contributed by atoms with van der Waals surface area (Å²) < 4.78 is 1.34. The van der Waals surface area contributed by atoms with Gasteiger partial charge in [-0.05, 0) is 27.6 Å². The van der Waals surface area contributed by atoms with Crippen LogP contribution in [0.5, 0.6) is 0 Å². The first-order chi connectivity index (χ1) is 7.50. The molecule has 16 heavy (non-hydrogen) atoms. The fourth-order valence-electron chi connectivity index (χ4n) is 1.15. The number of nitro benzene ring substituents is 1. The highest BCUT2D eigenvalue weighted by molar-refractivity contribution is 9.11. The van der Waals surface area contributed by atoms with Crippen molar-refractivity contribution in [3.8, 4) is 0 Å². The molecule has 0 aromatic heterocycles. The maximum Gasteiger partial charge on any atom is 0.283 e. The van der Waals surface area contributed by atoms with Crippen molar-refractivity contribution in [2.24, 2.45) is 0 Å². The van der Waals surface area contributed by atoms with E-state index in [1.807, 2.05) is 6.07 Å². The van der Waals surface area contributed by atoms with Gasteiger partial charge in [0.05, 0.1) is 9.40 Å². The Balaban J connectivity index is 2.71. The van der Waals surface area contributed by atoms with Gasteiger partial charge in [-0.2, -0.15) is 0 Å². The summed E-state index contributed by atoms with van der Waals surface area (Å²) in [5, 5.41) is 13.8. The summed E-state index contributed by atoms with van der Waals surface area (Å²) in [5.41, 5.74) is 0.945. The molecule has 1 rings (SSSR count). The summed E-state index contributed by atoms with van der Waals surface area (Å²) in [6, 6.07) is 5.06. The topological polar surface area (TPSA) is 55.2 Å². The molecule has 0 aliphatic heterocycles. The lowest BCUT2D eigenvalue weighted by atomic mass is 10.2. The van der Waals surface area contributed by atoms with E-state index in [1.165, 1.54) is 0 Å². The minimum Gasteiger partial charge on any atom is -0.308 e. The molecule has 0 heterocycles. The lowest BCUT2D eigenvalue weighted by Crippen LogP contribution is -2.14. The first-order valence-corrected chi connectivity index (χ1v) is 6.06. The van der Waals surface area contributed by atoms with Crippen LogP contribution >= 0.6 is 31.9 Å². The van der Waals surface area contributed by atoms with E-state index >= 15 is 0 Å². The van der Waals surface area contributed by atoms with Crippen molar-refractivity contribution in [3.63, 3.8) is 0 Å². The molecule has 0 saturated carbocycles. The number of hydrogen-bond donors (Lipinski definition) is 1. The standard InChI is InChI=1S/C10H10Br2N2O2/c1-7(11)5-13-6-8-2-3-9(12)10(4-8)14(15)16/h2-4,13H,1,5-6H2. The van der Waals surface area contributed by atoms with Crippen LogP contribution in [-0.2, 0) is 6.54 Å². The van der Waals surface area contributed by atoms with Crippen LogP contribution in [0.25, 0.3) is 0 Å². The van der Waals surface area contributed by atoms with Gasteiger partial charge in [-0.3, -0.25) is 10.1 Å². The van der Waals surface area contributed by atoms with E-state index < -0.39 is 4.92 Å². The van der Waals surface area contributed by atoms with Crippen LogP contribution in [0.4, 0.5) is 5.69 Å². The van der Waals surface area contributed by atoms with Crippen LogP contribution in [0.15, 0.2) is 33.7 Å². The zero-order chi connectivity index (χ0) is 12.1. The Morgan fingerprint density at radius 3 is 2.81 bits per heavy atom. The molecule has 0 aliphatic rings. The Hall–Kier alpha value is -0.720. The Bertz CT molecular complexity index is 421. The zero-order valence-electron chi connectivity index (χ0n) is 8.37. The van der Waals surface area contributed by atoms with E-state index in [9.17, 15) is 10.1 Å². The second-order valence-electron chi connectivity index (χ2n) is 3.16. The lowest BCUT2D eigenvalue weighted by Gasteiger charge is -2.04.